The first-order chi connectivity index (χ1) is 22.7. The van der Waals surface area contributed by atoms with Crippen molar-refractivity contribution in [3.63, 3.8) is 0 Å². The number of ether oxygens (including phenoxy) is 2. The minimum Gasteiger partial charge on any atom is -0.488 e. The van der Waals surface area contributed by atoms with E-state index < -0.39 is 12.0 Å². The molecule has 2 heterocycles. The first-order valence-electron chi connectivity index (χ1n) is 15.3. The van der Waals surface area contributed by atoms with Gasteiger partial charge in [0, 0.05) is 11.1 Å². The van der Waals surface area contributed by atoms with Crippen molar-refractivity contribution in [2.75, 3.05) is 6.61 Å². The molecule has 1 aliphatic heterocycles. The van der Waals surface area contributed by atoms with Crippen molar-refractivity contribution in [2.24, 2.45) is 4.99 Å². The topological polar surface area (TPSA) is 69.9 Å². The Hall–Kier alpha value is -4.60. The van der Waals surface area contributed by atoms with E-state index in [1.54, 1.807) is 41.8 Å². The number of hydrogen-bond acceptors (Lipinski definition) is 6. The van der Waals surface area contributed by atoms with Gasteiger partial charge in [0.25, 0.3) is 5.56 Å². The zero-order valence-corrected chi connectivity index (χ0v) is 28.5. The Morgan fingerprint density at radius 1 is 1.02 bits per heavy atom. The van der Waals surface area contributed by atoms with E-state index in [1.807, 2.05) is 66.7 Å². The molecule has 1 atom stereocenters. The quantitative estimate of drug-likeness (QED) is 0.148. The monoisotopic (exact) mass is 710 g/mol. The van der Waals surface area contributed by atoms with Gasteiger partial charge in [-0.3, -0.25) is 9.36 Å². The summed E-state index contributed by atoms with van der Waals surface area (Å²) in [6, 6.07) is 28.7. The lowest BCUT2D eigenvalue weighted by Crippen LogP contribution is -2.40. The number of nitrogens with zero attached hydrogens (tertiary/aromatic N) is 2. The molecular weight excluding hydrogens is 679 g/mol. The molecule has 0 fully saturated rings. The molecule has 9 heteroatoms. The van der Waals surface area contributed by atoms with Crippen LogP contribution < -0.4 is 19.6 Å². The Labute approximate surface area is 284 Å². The van der Waals surface area contributed by atoms with Crippen molar-refractivity contribution in [1.29, 1.82) is 0 Å². The molecule has 5 aromatic rings. The number of hydrogen-bond donors (Lipinski definition) is 0. The molecule has 4 aromatic carbocycles. The van der Waals surface area contributed by atoms with Crippen LogP contribution in [0.2, 0.25) is 0 Å². The van der Waals surface area contributed by atoms with E-state index in [2.05, 4.69) is 29.8 Å². The van der Waals surface area contributed by atoms with Gasteiger partial charge in [0.1, 0.15) is 18.2 Å². The Morgan fingerprint density at radius 2 is 1.74 bits per heavy atom. The summed E-state index contributed by atoms with van der Waals surface area (Å²) in [6.45, 7) is 6.26. The van der Waals surface area contributed by atoms with Crippen LogP contribution in [0.1, 0.15) is 60.5 Å². The molecule has 0 saturated heterocycles. The first kappa shape index (κ1) is 32.3. The van der Waals surface area contributed by atoms with E-state index in [1.165, 1.54) is 17.4 Å². The number of esters is 1. The summed E-state index contributed by atoms with van der Waals surface area (Å²) < 4.78 is 28.2. The largest absolute Gasteiger partial charge is 0.488 e. The molecule has 0 unspecified atom stereocenters. The number of rotatable bonds is 9. The van der Waals surface area contributed by atoms with Gasteiger partial charge in [-0.25, -0.2) is 14.2 Å². The fourth-order valence-electron chi connectivity index (χ4n) is 5.47. The van der Waals surface area contributed by atoms with E-state index >= 15 is 0 Å². The van der Waals surface area contributed by atoms with Crippen molar-refractivity contribution in [1.82, 2.24) is 4.57 Å². The Kier molecular flexibility index (Phi) is 9.66. The van der Waals surface area contributed by atoms with Crippen molar-refractivity contribution >= 4 is 45.0 Å². The highest BCUT2D eigenvalue weighted by molar-refractivity contribution is 9.10. The van der Waals surface area contributed by atoms with Crippen LogP contribution >= 0.6 is 27.3 Å². The number of aromatic nitrogens is 1. The SMILES string of the molecule is CCOC(=O)C1=C(c2ccccc2)N=c2s/c(=C\c3ccc(OCc4ccccc4F)c(Br)c3)c(=O)n2[C@@H]1c1ccc(C(C)C)cc1. The van der Waals surface area contributed by atoms with Crippen LogP contribution in [0.3, 0.4) is 0 Å². The molecule has 6 nitrogen and oxygen atoms in total. The number of halogens is 2. The second-order valence-corrected chi connectivity index (χ2v) is 13.2. The molecule has 6 rings (SSSR count). The van der Waals surface area contributed by atoms with E-state index in [0.29, 0.717) is 42.3 Å². The summed E-state index contributed by atoms with van der Waals surface area (Å²) in [6.07, 6.45) is 1.80. The van der Waals surface area contributed by atoms with Crippen molar-refractivity contribution in [3.8, 4) is 5.75 Å². The van der Waals surface area contributed by atoms with E-state index in [4.69, 9.17) is 14.5 Å². The zero-order chi connectivity index (χ0) is 33.1. The van der Waals surface area contributed by atoms with Gasteiger partial charge in [0.05, 0.1) is 32.9 Å². The lowest BCUT2D eigenvalue weighted by Gasteiger charge is -2.26. The third kappa shape index (κ3) is 6.77. The van der Waals surface area contributed by atoms with Gasteiger partial charge in [-0.1, -0.05) is 104 Å². The van der Waals surface area contributed by atoms with Gasteiger partial charge >= 0.3 is 5.97 Å². The van der Waals surface area contributed by atoms with Gasteiger partial charge in [-0.2, -0.15) is 0 Å². The molecular formula is C38H32BrFN2O4S. The third-order valence-corrected chi connectivity index (χ3v) is 9.49. The highest BCUT2D eigenvalue weighted by Gasteiger charge is 2.35. The summed E-state index contributed by atoms with van der Waals surface area (Å²) in [5, 5.41) is 0. The summed E-state index contributed by atoms with van der Waals surface area (Å²) in [7, 11) is 0. The van der Waals surface area contributed by atoms with Crippen LogP contribution in [0.5, 0.6) is 5.75 Å². The van der Waals surface area contributed by atoms with Gasteiger partial charge in [0.15, 0.2) is 4.80 Å². The lowest BCUT2D eigenvalue weighted by atomic mass is 9.91. The Morgan fingerprint density at radius 3 is 2.43 bits per heavy atom. The molecule has 238 valence electrons. The Bertz CT molecular complexity index is 2150. The van der Waals surface area contributed by atoms with Gasteiger partial charge in [-0.05, 0) is 69.7 Å². The van der Waals surface area contributed by atoms with E-state index in [9.17, 15) is 14.0 Å². The van der Waals surface area contributed by atoms with Crippen LogP contribution in [-0.2, 0) is 16.1 Å². The average Bonchev–Trinajstić information content (AvgIpc) is 3.38. The summed E-state index contributed by atoms with van der Waals surface area (Å²) in [5.74, 6) is 0.0217. The number of thiazole rings is 1. The van der Waals surface area contributed by atoms with Crippen LogP contribution in [0.15, 0.2) is 117 Å². The normalized spacial score (nSPS) is 14.6. The second-order valence-electron chi connectivity index (χ2n) is 11.3. The predicted octanol–water partition coefficient (Wildman–Crippen LogP) is 7.54. The number of carbonyl (C=O) groups excluding carboxylic acids is 1. The lowest BCUT2D eigenvalue weighted by molar-refractivity contribution is -0.138. The average molecular weight is 712 g/mol. The molecule has 0 saturated carbocycles. The molecule has 0 radical (unpaired) electrons. The highest BCUT2D eigenvalue weighted by Crippen LogP contribution is 2.36. The fraction of sp³-hybridized carbons (Fsp3) is 0.184. The van der Waals surface area contributed by atoms with Crippen LogP contribution in [-0.4, -0.2) is 17.1 Å². The summed E-state index contributed by atoms with van der Waals surface area (Å²) in [5.41, 5.74) is 4.43. The van der Waals surface area contributed by atoms with E-state index in [0.717, 1.165) is 22.3 Å². The number of benzene rings is 4. The minimum atomic E-state index is -0.746. The summed E-state index contributed by atoms with van der Waals surface area (Å²) >= 11 is 4.82. The molecule has 0 amide bonds. The second kappa shape index (κ2) is 14.0. The number of fused-ring (bicyclic) bond motifs is 1. The fourth-order valence-corrected chi connectivity index (χ4v) is 6.98. The Balaban J connectivity index is 1.46. The maximum absolute atomic E-state index is 14.2. The molecule has 0 N–H and O–H groups in total. The molecule has 0 bridgehead atoms. The number of carbonyl (C=O) groups is 1. The van der Waals surface area contributed by atoms with Crippen molar-refractivity contribution in [3.05, 3.63) is 160 Å². The van der Waals surface area contributed by atoms with Crippen molar-refractivity contribution < 1.29 is 18.7 Å². The van der Waals surface area contributed by atoms with Crippen LogP contribution in [0.25, 0.3) is 11.8 Å². The van der Waals surface area contributed by atoms with Gasteiger partial charge < -0.3 is 9.47 Å². The smallest absolute Gasteiger partial charge is 0.338 e. The molecule has 0 aliphatic carbocycles. The maximum Gasteiger partial charge on any atom is 0.338 e. The minimum absolute atomic E-state index is 0.0773. The molecule has 47 heavy (non-hydrogen) atoms. The third-order valence-electron chi connectivity index (χ3n) is 7.89. The first-order valence-corrected chi connectivity index (χ1v) is 16.9. The molecule has 0 spiro atoms. The predicted molar refractivity (Wildman–Crippen MR) is 186 cm³/mol. The van der Waals surface area contributed by atoms with E-state index in [-0.39, 0.29) is 24.6 Å². The van der Waals surface area contributed by atoms with Crippen LogP contribution in [0.4, 0.5) is 4.39 Å². The standard InChI is InChI=1S/C38H32BrFN2O4S/c1-4-45-37(44)33-34(26-10-6-5-7-11-26)41-38-42(35(33)27-17-15-25(16-18-27)23(2)3)36(43)32(47-38)21-24-14-19-31(29(39)20-24)46-22-28-12-8-9-13-30(28)40/h5-21,23,35H,4,22H2,1-3H3/b32-21-/t35-/m1/s1. The van der Waals surface area contributed by atoms with Crippen molar-refractivity contribution in [2.45, 2.75) is 39.3 Å². The zero-order valence-electron chi connectivity index (χ0n) is 26.1. The van der Waals surface area contributed by atoms with Crippen LogP contribution in [0, 0.1) is 5.82 Å². The van der Waals surface area contributed by atoms with Gasteiger partial charge in [-0.15, -0.1) is 0 Å². The highest BCUT2D eigenvalue weighted by atomic mass is 79.9. The molecule has 1 aliphatic rings. The van der Waals surface area contributed by atoms with Gasteiger partial charge in [0.2, 0.25) is 0 Å². The summed E-state index contributed by atoms with van der Waals surface area (Å²) in [4.78, 5) is 33.3. The maximum atomic E-state index is 14.2. The molecule has 1 aromatic heterocycles.